The van der Waals surface area contributed by atoms with Gasteiger partial charge in [0.1, 0.15) is 0 Å². The third-order valence-electron chi connectivity index (χ3n) is 3.05. The van der Waals surface area contributed by atoms with Gasteiger partial charge >= 0.3 is 0 Å². The van der Waals surface area contributed by atoms with Gasteiger partial charge in [-0.05, 0) is 18.3 Å². The molecule has 1 fully saturated rings. The number of likely N-dealkylation sites (tertiary alicyclic amines) is 1. The zero-order valence-corrected chi connectivity index (χ0v) is 9.16. The van der Waals surface area contributed by atoms with E-state index in [0.29, 0.717) is 11.8 Å². The number of nitriles is 1. The van der Waals surface area contributed by atoms with Gasteiger partial charge in [-0.3, -0.25) is 4.79 Å². The Hall–Kier alpha value is -1.04. The summed E-state index contributed by atoms with van der Waals surface area (Å²) in [5, 5.41) is 9.03. The Morgan fingerprint density at radius 2 is 2.21 bits per heavy atom. The van der Waals surface area contributed by atoms with Gasteiger partial charge in [0.2, 0.25) is 5.91 Å². The average Bonchev–Trinajstić information content (AvgIpc) is 2.53. The maximum absolute atomic E-state index is 11.1. The highest BCUT2D eigenvalue weighted by Gasteiger charge is 2.32. The van der Waals surface area contributed by atoms with Gasteiger partial charge in [-0.15, -0.1) is 0 Å². The maximum atomic E-state index is 11.1. The summed E-state index contributed by atoms with van der Waals surface area (Å²) in [5.74, 6) is 0.994. The molecule has 0 aromatic rings. The molecule has 0 aromatic heterocycles. The van der Waals surface area contributed by atoms with E-state index in [0.717, 1.165) is 19.5 Å². The zero-order valence-electron chi connectivity index (χ0n) is 9.16. The molecule has 3 heteroatoms. The van der Waals surface area contributed by atoms with Crippen molar-refractivity contribution in [3.63, 3.8) is 0 Å². The van der Waals surface area contributed by atoms with Crippen molar-refractivity contribution in [3.8, 4) is 6.07 Å². The van der Waals surface area contributed by atoms with Crippen molar-refractivity contribution in [3.05, 3.63) is 0 Å². The molecule has 2 atom stereocenters. The van der Waals surface area contributed by atoms with Crippen molar-refractivity contribution in [1.82, 2.24) is 4.90 Å². The molecule has 78 valence electrons. The van der Waals surface area contributed by atoms with E-state index in [1.165, 1.54) is 0 Å². The second-order valence-corrected chi connectivity index (χ2v) is 4.41. The van der Waals surface area contributed by atoms with Crippen LogP contribution in [-0.2, 0) is 4.79 Å². The molecule has 1 aliphatic heterocycles. The van der Waals surface area contributed by atoms with Crippen molar-refractivity contribution < 1.29 is 4.79 Å². The van der Waals surface area contributed by atoms with Crippen LogP contribution in [0.1, 0.15) is 27.2 Å². The Labute approximate surface area is 85.7 Å². The number of carbonyl (C=O) groups is 1. The summed E-state index contributed by atoms with van der Waals surface area (Å²) in [6, 6.07) is 2.36. The van der Waals surface area contributed by atoms with E-state index in [1.54, 1.807) is 6.92 Å². The lowest BCUT2D eigenvalue weighted by Gasteiger charge is -2.20. The highest BCUT2D eigenvalue weighted by molar-refractivity contribution is 5.73. The molecule has 1 saturated heterocycles. The normalized spacial score (nSPS) is 23.6. The van der Waals surface area contributed by atoms with Crippen LogP contribution < -0.4 is 0 Å². The number of rotatable bonds is 2. The first-order valence-corrected chi connectivity index (χ1v) is 5.21. The smallest absolute Gasteiger partial charge is 0.219 e. The molecule has 0 N–H and O–H groups in total. The molecule has 3 nitrogen and oxygen atoms in total. The van der Waals surface area contributed by atoms with E-state index in [1.807, 2.05) is 4.90 Å². The summed E-state index contributed by atoms with van der Waals surface area (Å²) in [7, 11) is 0. The minimum absolute atomic E-state index is 0.0966. The lowest BCUT2D eigenvalue weighted by molar-refractivity contribution is -0.127. The van der Waals surface area contributed by atoms with Crippen LogP contribution in [0.5, 0.6) is 0 Å². The molecule has 0 bridgehead atoms. The summed E-state index contributed by atoms with van der Waals surface area (Å²) < 4.78 is 0. The van der Waals surface area contributed by atoms with Gasteiger partial charge in [0.25, 0.3) is 0 Å². The monoisotopic (exact) mass is 194 g/mol. The van der Waals surface area contributed by atoms with Crippen LogP contribution in [0.4, 0.5) is 0 Å². The highest BCUT2D eigenvalue weighted by atomic mass is 16.2. The lowest BCUT2D eigenvalue weighted by Crippen LogP contribution is -2.28. The zero-order chi connectivity index (χ0) is 10.7. The number of hydrogen-bond acceptors (Lipinski definition) is 2. The summed E-state index contributed by atoms with van der Waals surface area (Å²) in [5.41, 5.74) is 0. The fourth-order valence-electron chi connectivity index (χ4n) is 2.17. The summed E-state index contributed by atoms with van der Waals surface area (Å²) in [6.07, 6.45) is 0.982. The van der Waals surface area contributed by atoms with Crippen LogP contribution in [0.15, 0.2) is 0 Å². The van der Waals surface area contributed by atoms with Crippen LogP contribution in [0.3, 0.4) is 0 Å². The van der Waals surface area contributed by atoms with E-state index < -0.39 is 0 Å². The molecule has 2 unspecified atom stereocenters. The molecular weight excluding hydrogens is 176 g/mol. The van der Waals surface area contributed by atoms with E-state index in [4.69, 9.17) is 5.26 Å². The molecule has 0 saturated carbocycles. The molecule has 1 rings (SSSR count). The fraction of sp³-hybridized carbons (Fsp3) is 0.818. The molecular formula is C11H18N2O. The molecule has 14 heavy (non-hydrogen) atoms. The van der Waals surface area contributed by atoms with Crippen molar-refractivity contribution in [2.24, 2.45) is 17.8 Å². The van der Waals surface area contributed by atoms with Crippen molar-refractivity contribution >= 4 is 5.91 Å². The van der Waals surface area contributed by atoms with Crippen molar-refractivity contribution in [2.45, 2.75) is 27.2 Å². The minimum atomic E-state index is 0.0966. The van der Waals surface area contributed by atoms with Crippen molar-refractivity contribution in [1.29, 1.82) is 5.26 Å². The third-order valence-corrected chi connectivity index (χ3v) is 3.05. The van der Waals surface area contributed by atoms with Crippen molar-refractivity contribution in [2.75, 3.05) is 13.1 Å². The van der Waals surface area contributed by atoms with E-state index in [2.05, 4.69) is 19.9 Å². The van der Waals surface area contributed by atoms with Gasteiger partial charge in [-0.25, -0.2) is 0 Å². The first-order chi connectivity index (χ1) is 6.56. The highest BCUT2D eigenvalue weighted by Crippen LogP contribution is 2.28. The second kappa shape index (κ2) is 4.45. The van der Waals surface area contributed by atoms with Crippen LogP contribution in [0.25, 0.3) is 0 Å². The Morgan fingerprint density at radius 1 is 1.57 bits per heavy atom. The molecule has 0 radical (unpaired) electrons. The van der Waals surface area contributed by atoms with Gasteiger partial charge in [-0.2, -0.15) is 5.26 Å². The van der Waals surface area contributed by atoms with Gasteiger partial charge in [0.05, 0.1) is 12.0 Å². The molecule has 1 aliphatic rings. The van der Waals surface area contributed by atoms with Gasteiger partial charge < -0.3 is 4.90 Å². The molecule has 0 spiro atoms. The van der Waals surface area contributed by atoms with E-state index >= 15 is 0 Å². The minimum Gasteiger partial charge on any atom is -0.343 e. The fourth-order valence-corrected chi connectivity index (χ4v) is 2.17. The Balaban J connectivity index is 2.57. The quantitative estimate of drug-likeness (QED) is 0.671. The lowest BCUT2D eigenvalue weighted by atomic mass is 9.84. The standard InChI is InChI=1S/C11H18N2O/c1-8(2)11(6-12)10-4-5-13(7-10)9(3)14/h8,10-11H,4-5,7H2,1-3H3. The van der Waals surface area contributed by atoms with Gasteiger partial charge in [0.15, 0.2) is 0 Å². The molecule has 1 amide bonds. The first kappa shape index (κ1) is 11.0. The third kappa shape index (κ3) is 2.25. The van der Waals surface area contributed by atoms with Gasteiger partial charge in [-0.1, -0.05) is 13.8 Å². The predicted octanol–water partition coefficient (Wildman–Crippen LogP) is 1.65. The number of nitrogens with zero attached hydrogens (tertiary/aromatic N) is 2. The number of carbonyl (C=O) groups excluding carboxylic acids is 1. The molecule has 0 aliphatic carbocycles. The van der Waals surface area contributed by atoms with Crippen LogP contribution in [0, 0.1) is 29.1 Å². The Bertz CT molecular complexity index is 255. The van der Waals surface area contributed by atoms with Crippen LogP contribution >= 0.6 is 0 Å². The number of amides is 1. The summed E-state index contributed by atoms with van der Waals surface area (Å²) in [4.78, 5) is 13.0. The SMILES string of the molecule is CC(=O)N1CCC(C(C#N)C(C)C)C1. The van der Waals surface area contributed by atoms with Gasteiger partial charge in [0, 0.05) is 20.0 Å². The Morgan fingerprint density at radius 3 is 2.57 bits per heavy atom. The molecule has 1 heterocycles. The van der Waals surface area contributed by atoms with E-state index in [9.17, 15) is 4.79 Å². The Kier molecular flexibility index (Phi) is 3.51. The summed E-state index contributed by atoms with van der Waals surface area (Å²) in [6.45, 7) is 7.34. The average molecular weight is 194 g/mol. The molecule has 0 aromatic carbocycles. The second-order valence-electron chi connectivity index (χ2n) is 4.41. The summed E-state index contributed by atoms with van der Waals surface area (Å²) >= 11 is 0. The predicted molar refractivity (Wildman–Crippen MR) is 54.3 cm³/mol. The van der Waals surface area contributed by atoms with Crippen LogP contribution in [-0.4, -0.2) is 23.9 Å². The van der Waals surface area contributed by atoms with Crippen LogP contribution in [0.2, 0.25) is 0 Å². The number of hydrogen-bond donors (Lipinski definition) is 0. The van der Waals surface area contributed by atoms with E-state index in [-0.39, 0.29) is 11.8 Å². The topological polar surface area (TPSA) is 44.1 Å². The maximum Gasteiger partial charge on any atom is 0.219 e. The first-order valence-electron chi connectivity index (χ1n) is 5.21. The largest absolute Gasteiger partial charge is 0.343 e.